The molecular weight excluding hydrogens is 677 g/mol. The Kier molecular flexibility index (Phi) is 21.6. The molecule has 0 rings (SSSR count). The Morgan fingerprint density at radius 1 is 0.483 bits per heavy atom. The fourth-order valence-electron chi connectivity index (χ4n) is 1.37. The minimum Gasteiger partial charge on any atom is -0.550 e. The molecule has 29 heavy (non-hydrogen) atoms. The molecule has 3 radical (unpaired) electrons. The first-order valence-electron chi connectivity index (χ1n) is 6.23. The molecule has 0 unspecified atom stereocenters. The molecule has 17 heteroatoms. The molecule has 169 valence electrons. The van der Waals surface area contributed by atoms with Crippen LogP contribution < -0.4 is 30.6 Å². The average Bonchev–Trinajstić information content (AvgIpc) is 2.34. The standard InChI is InChI=1S/2C6H8O7.3Rh/c2*7-3(8)1-6(13,5(11)12)2-4(9)10;;;/h2*13H,1-2H2,(H,7,8)(H,9,10)(H,11,12);;;/q;;3*+2/p-6. The number of hydrogen-bond acceptors (Lipinski definition) is 14. The molecule has 0 fully saturated rings. The molecule has 0 spiro atoms. The molecular formula is C12H10O14Rh3. The summed E-state index contributed by atoms with van der Waals surface area (Å²) in [6, 6.07) is 0. The van der Waals surface area contributed by atoms with E-state index in [1.807, 2.05) is 0 Å². The van der Waals surface area contributed by atoms with Gasteiger partial charge in [-0.1, -0.05) is 0 Å². The van der Waals surface area contributed by atoms with E-state index in [0.29, 0.717) is 0 Å². The summed E-state index contributed by atoms with van der Waals surface area (Å²) < 4.78 is 0. The van der Waals surface area contributed by atoms with Crippen molar-refractivity contribution in [2.24, 2.45) is 0 Å². The van der Waals surface area contributed by atoms with Crippen molar-refractivity contribution in [3.63, 3.8) is 0 Å². The van der Waals surface area contributed by atoms with Crippen molar-refractivity contribution in [1.82, 2.24) is 0 Å². The zero-order valence-electron chi connectivity index (χ0n) is 13.6. The van der Waals surface area contributed by atoms with Gasteiger partial charge < -0.3 is 69.6 Å². The second-order valence-corrected chi connectivity index (χ2v) is 4.83. The second-order valence-electron chi connectivity index (χ2n) is 4.83. The number of hydrogen-bond donors (Lipinski definition) is 2. The third-order valence-electron chi connectivity index (χ3n) is 2.51. The molecule has 0 aliphatic heterocycles. The van der Waals surface area contributed by atoms with Gasteiger partial charge in [-0.3, -0.25) is 0 Å². The van der Waals surface area contributed by atoms with Crippen molar-refractivity contribution in [3.8, 4) is 0 Å². The molecule has 0 aromatic carbocycles. The number of carbonyl (C=O) groups excluding carboxylic acids is 6. The van der Waals surface area contributed by atoms with Crippen molar-refractivity contribution in [2.75, 3.05) is 0 Å². The molecule has 0 bridgehead atoms. The van der Waals surface area contributed by atoms with Crippen LogP contribution in [-0.4, -0.2) is 57.2 Å². The molecule has 0 aromatic rings. The van der Waals surface area contributed by atoms with Crippen LogP contribution in [0.4, 0.5) is 0 Å². The van der Waals surface area contributed by atoms with Gasteiger partial charge in [0, 0.05) is 49.6 Å². The van der Waals surface area contributed by atoms with Crippen LogP contribution in [0.3, 0.4) is 0 Å². The van der Waals surface area contributed by atoms with Gasteiger partial charge in [-0.15, -0.1) is 0 Å². The van der Waals surface area contributed by atoms with Gasteiger partial charge in [-0.25, -0.2) is 0 Å². The van der Waals surface area contributed by atoms with Crippen molar-refractivity contribution in [2.45, 2.75) is 36.9 Å². The number of carbonyl (C=O) groups is 6. The third-order valence-corrected chi connectivity index (χ3v) is 2.51. The van der Waals surface area contributed by atoms with Gasteiger partial charge >= 0.3 is 58.4 Å². The predicted molar refractivity (Wildman–Crippen MR) is 58.4 cm³/mol. The van der Waals surface area contributed by atoms with Crippen LogP contribution in [0, 0.1) is 0 Å². The van der Waals surface area contributed by atoms with Gasteiger partial charge in [0.1, 0.15) is 11.2 Å². The Labute approximate surface area is 200 Å². The summed E-state index contributed by atoms with van der Waals surface area (Å²) in [6.07, 6.45) is -5.43. The van der Waals surface area contributed by atoms with E-state index >= 15 is 0 Å². The van der Waals surface area contributed by atoms with Crippen LogP contribution in [0.1, 0.15) is 25.7 Å². The Morgan fingerprint density at radius 3 is 0.690 bits per heavy atom. The van der Waals surface area contributed by atoms with E-state index in [2.05, 4.69) is 0 Å². The van der Waals surface area contributed by atoms with E-state index in [1.54, 1.807) is 0 Å². The summed E-state index contributed by atoms with van der Waals surface area (Å²) >= 11 is 0. The number of rotatable bonds is 10. The van der Waals surface area contributed by atoms with Crippen LogP contribution in [0.25, 0.3) is 0 Å². The first-order chi connectivity index (χ1) is 11.6. The average molecular weight is 687 g/mol. The second kappa shape index (κ2) is 16.4. The monoisotopic (exact) mass is 687 g/mol. The van der Waals surface area contributed by atoms with Crippen LogP contribution in [-0.2, 0) is 87.2 Å². The molecule has 0 saturated heterocycles. The maximum Gasteiger partial charge on any atom is 2.00 e. The zero-order valence-corrected chi connectivity index (χ0v) is 18.5. The van der Waals surface area contributed by atoms with E-state index < -0.39 is 72.7 Å². The normalized spacial score (nSPS) is 9.72. The fraction of sp³-hybridized carbons (Fsp3) is 0.500. The Morgan fingerprint density at radius 2 is 0.621 bits per heavy atom. The molecule has 0 aliphatic carbocycles. The Hall–Kier alpha value is -1.39. The summed E-state index contributed by atoms with van der Waals surface area (Å²) in [4.78, 5) is 60.0. The predicted octanol–water partition coefficient (Wildman–Crippen LogP) is -10.5. The molecule has 0 aliphatic rings. The van der Waals surface area contributed by atoms with E-state index in [-0.39, 0.29) is 58.4 Å². The van der Waals surface area contributed by atoms with Crippen LogP contribution in [0.2, 0.25) is 0 Å². The first kappa shape index (κ1) is 38.2. The van der Waals surface area contributed by atoms with Gasteiger partial charge in [0.15, 0.2) is 0 Å². The molecule has 0 amide bonds. The topological polar surface area (TPSA) is 281 Å². The van der Waals surface area contributed by atoms with E-state index in [0.717, 1.165) is 0 Å². The number of carboxylic acids is 6. The zero-order chi connectivity index (χ0) is 21.3. The minimum absolute atomic E-state index is 0. The smallest absolute Gasteiger partial charge is 0.550 e. The fourth-order valence-corrected chi connectivity index (χ4v) is 1.37. The van der Waals surface area contributed by atoms with E-state index in [4.69, 9.17) is 10.2 Å². The summed E-state index contributed by atoms with van der Waals surface area (Å²) in [6.45, 7) is 0. The van der Waals surface area contributed by atoms with Gasteiger partial charge in [0.25, 0.3) is 0 Å². The summed E-state index contributed by atoms with van der Waals surface area (Å²) in [5.74, 6) is -12.0. The van der Waals surface area contributed by atoms with Crippen LogP contribution >= 0.6 is 0 Å². The maximum absolute atomic E-state index is 10.1. The molecule has 2 N–H and O–H groups in total. The largest absolute Gasteiger partial charge is 2.00 e. The number of aliphatic carboxylic acids is 6. The molecule has 0 atom stereocenters. The quantitative estimate of drug-likeness (QED) is 0.202. The first-order valence-corrected chi connectivity index (χ1v) is 6.23. The Bertz CT molecular complexity index is 521. The summed E-state index contributed by atoms with van der Waals surface area (Å²) in [7, 11) is 0. The summed E-state index contributed by atoms with van der Waals surface area (Å²) in [5, 5.41) is 77.9. The number of carboxylic acid groups (broad SMARTS) is 6. The molecule has 0 heterocycles. The van der Waals surface area contributed by atoms with Crippen molar-refractivity contribution < 1.29 is 128 Å². The summed E-state index contributed by atoms with van der Waals surface area (Å²) in [5.41, 5.74) is -5.95. The minimum atomic E-state index is -2.97. The van der Waals surface area contributed by atoms with E-state index in [1.165, 1.54) is 0 Å². The van der Waals surface area contributed by atoms with Crippen molar-refractivity contribution in [3.05, 3.63) is 0 Å². The van der Waals surface area contributed by atoms with Crippen LogP contribution in [0.5, 0.6) is 0 Å². The third kappa shape index (κ3) is 17.2. The maximum atomic E-state index is 10.1. The molecule has 14 nitrogen and oxygen atoms in total. The number of aliphatic hydroxyl groups is 2. The molecule has 0 saturated carbocycles. The molecule has 0 aromatic heterocycles. The van der Waals surface area contributed by atoms with E-state index in [9.17, 15) is 59.4 Å². The van der Waals surface area contributed by atoms with Gasteiger partial charge in [-0.05, 0) is 0 Å². The Balaban J connectivity index is -0.000000120. The SMILES string of the molecule is O=C([O-])CC(O)(CC(=O)[O-])C(=O)[O-].O=C([O-])CC(O)(CC(=O)[O-])C(=O)[O-].[Rh+2].[Rh+2].[Rh+2]. The van der Waals surface area contributed by atoms with Gasteiger partial charge in [0.2, 0.25) is 0 Å². The van der Waals surface area contributed by atoms with Crippen molar-refractivity contribution >= 4 is 35.8 Å². The van der Waals surface area contributed by atoms with Gasteiger partial charge in [0.05, 0.1) is 11.9 Å². The van der Waals surface area contributed by atoms with Gasteiger partial charge in [-0.2, -0.15) is 0 Å². The van der Waals surface area contributed by atoms with Crippen molar-refractivity contribution in [1.29, 1.82) is 0 Å². The van der Waals surface area contributed by atoms with Crippen LogP contribution in [0.15, 0.2) is 0 Å².